The van der Waals surface area contributed by atoms with Crippen LogP contribution in [0.15, 0.2) is 11.2 Å². The lowest BCUT2D eigenvalue weighted by molar-refractivity contribution is 0.999. The van der Waals surface area contributed by atoms with Gasteiger partial charge in [0.05, 0.1) is 11.2 Å². The highest BCUT2D eigenvalue weighted by molar-refractivity contribution is 9.08. The van der Waals surface area contributed by atoms with E-state index in [1.807, 2.05) is 12.5 Å². The summed E-state index contributed by atoms with van der Waals surface area (Å²) in [7, 11) is 0. The number of thioether (sulfide) groups is 1. The maximum Gasteiger partial charge on any atom is 0.0945 e. The summed E-state index contributed by atoms with van der Waals surface area (Å²) >= 11 is 5.03. The number of H-pyrrole nitrogens is 1. The Bertz CT molecular complexity index is 168. The summed E-state index contributed by atoms with van der Waals surface area (Å²) in [5.74, 6) is 0. The second kappa shape index (κ2) is 3.27. The first-order valence-corrected chi connectivity index (χ1v) is 4.85. The van der Waals surface area contributed by atoms with E-state index < -0.39 is 0 Å². The van der Waals surface area contributed by atoms with Crippen LogP contribution in [0, 0.1) is 0 Å². The van der Waals surface area contributed by atoms with Gasteiger partial charge in [-0.1, -0.05) is 15.9 Å². The van der Waals surface area contributed by atoms with E-state index in [0.717, 1.165) is 10.4 Å². The van der Waals surface area contributed by atoms with Crippen LogP contribution in [0.2, 0.25) is 0 Å². The second-order valence-electron chi connectivity index (χ2n) is 1.56. The largest absolute Gasteiger partial charge is 0.272 e. The van der Waals surface area contributed by atoms with Gasteiger partial charge in [0, 0.05) is 10.9 Å². The average molecular weight is 207 g/mol. The van der Waals surface area contributed by atoms with Crippen LogP contribution in [-0.4, -0.2) is 16.5 Å². The summed E-state index contributed by atoms with van der Waals surface area (Å²) in [6.07, 6.45) is 3.86. The molecule has 1 N–H and O–H groups in total. The van der Waals surface area contributed by atoms with Gasteiger partial charge in [-0.25, -0.2) is 0 Å². The maximum atomic E-state index is 3.89. The van der Waals surface area contributed by atoms with Gasteiger partial charge in [0.2, 0.25) is 0 Å². The number of hydrogen-bond acceptors (Lipinski definition) is 2. The lowest BCUT2D eigenvalue weighted by atomic mass is 10.4. The maximum absolute atomic E-state index is 3.89. The number of nitrogens with zero attached hydrogens (tertiary/aromatic N) is 1. The minimum atomic E-state index is 0.875. The first-order chi connectivity index (χ1) is 4.38. The van der Waals surface area contributed by atoms with Gasteiger partial charge < -0.3 is 0 Å². The Balaban J connectivity index is 2.85. The lowest BCUT2D eigenvalue weighted by Crippen LogP contribution is -1.74. The van der Waals surface area contributed by atoms with Crippen LogP contribution in [0.3, 0.4) is 0 Å². The molecule has 0 aliphatic rings. The first-order valence-electron chi connectivity index (χ1n) is 2.50. The summed E-state index contributed by atoms with van der Waals surface area (Å²) in [5.41, 5.74) is 1.22. The van der Waals surface area contributed by atoms with E-state index >= 15 is 0 Å². The van der Waals surface area contributed by atoms with Gasteiger partial charge in [0.25, 0.3) is 0 Å². The van der Waals surface area contributed by atoms with Gasteiger partial charge in [-0.05, 0) is 6.26 Å². The predicted octanol–water partition coefficient (Wildman–Crippen LogP) is 2.03. The molecule has 1 aromatic rings. The van der Waals surface area contributed by atoms with Crippen molar-refractivity contribution in [2.45, 2.75) is 10.4 Å². The normalized spacial score (nSPS) is 10.0. The highest BCUT2D eigenvalue weighted by atomic mass is 79.9. The molecule has 0 fully saturated rings. The van der Waals surface area contributed by atoms with Crippen LogP contribution >= 0.6 is 27.7 Å². The van der Waals surface area contributed by atoms with Crippen LogP contribution in [0.4, 0.5) is 0 Å². The number of nitrogens with one attached hydrogen (secondary N) is 1. The van der Waals surface area contributed by atoms with Gasteiger partial charge in [-0.2, -0.15) is 5.10 Å². The van der Waals surface area contributed by atoms with E-state index in [0.29, 0.717) is 0 Å². The molecular weight excluding hydrogens is 200 g/mol. The van der Waals surface area contributed by atoms with Crippen LogP contribution in [0.25, 0.3) is 0 Å². The topological polar surface area (TPSA) is 28.7 Å². The van der Waals surface area contributed by atoms with Crippen molar-refractivity contribution in [1.29, 1.82) is 0 Å². The molecule has 0 saturated heterocycles. The highest BCUT2D eigenvalue weighted by Crippen LogP contribution is 2.18. The predicted molar refractivity (Wildman–Crippen MR) is 43.0 cm³/mol. The van der Waals surface area contributed by atoms with Crippen LogP contribution in [-0.2, 0) is 5.33 Å². The fourth-order valence-corrected chi connectivity index (χ4v) is 1.71. The van der Waals surface area contributed by atoms with E-state index in [1.54, 1.807) is 11.8 Å². The van der Waals surface area contributed by atoms with E-state index in [2.05, 4.69) is 26.1 Å². The third-order valence-corrected chi connectivity index (χ3v) is 2.39. The molecule has 0 aliphatic heterocycles. The molecule has 1 heterocycles. The molecule has 4 heteroatoms. The Hall–Kier alpha value is 0.0400. The molecule has 0 unspecified atom stereocenters. The van der Waals surface area contributed by atoms with Crippen molar-refractivity contribution >= 4 is 27.7 Å². The van der Waals surface area contributed by atoms with Gasteiger partial charge in [0.1, 0.15) is 0 Å². The molecule has 50 valence electrons. The number of alkyl halides is 1. The van der Waals surface area contributed by atoms with Crippen molar-refractivity contribution < 1.29 is 0 Å². The van der Waals surface area contributed by atoms with Crippen molar-refractivity contribution in [2.75, 3.05) is 6.26 Å². The molecule has 0 spiro atoms. The standard InChI is InChI=1S/C5H7BrN2S/c1-9-5-4(2-6)3-7-8-5/h3H,2H2,1H3,(H,7,8). The number of hydrogen-bond donors (Lipinski definition) is 1. The molecule has 0 radical (unpaired) electrons. The number of rotatable bonds is 2. The van der Waals surface area contributed by atoms with Crippen molar-refractivity contribution in [2.24, 2.45) is 0 Å². The van der Waals surface area contributed by atoms with Crippen LogP contribution in [0.1, 0.15) is 5.56 Å². The van der Waals surface area contributed by atoms with Crippen molar-refractivity contribution in [3.05, 3.63) is 11.8 Å². The third kappa shape index (κ3) is 1.49. The second-order valence-corrected chi connectivity index (χ2v) is 2.94. The molecule has 0 bridgehead atoms. The van der Waals surface area contributed by atoms with E-state index in [-0.39, 0.29) is 0 Å². The Morgan fingerprint density at radius 3 is 3.11 bits per heavy atom. The first kappa shape index (κ1) is 7.15. The molecule has 0 aromatic carbocycles. The van der Waals surface area contributed by atoms with E-state index in [1.165, 1.54) is 5.56 Å². The van der Waals surface area contributed by atoms with Crippen LogP contribution < -0.4 is 0 Å². The van der Waals surface area contributed by atoms with Crippen molar-refractivity contribution in [3.8, 4) is 0 Å². The zero-order valence-electron chi connectivity index (χ0n) is 5.02. The van der Waals surface area contributed by atoms with Crippen LogP contribution in [0.5, 0.6) is 0 Å². The zero-order valence-corrected chi connectivity index (χ0v) is 7.42. The zero-order chi connectivity index (χ0) is 6.69. The lowest BCUT2D eigenvalue weighted by Gasteiger charge is -1.90. The molecule has 0 atom stereocenters. The SMILES string of the molecule is CSc1[nH]ncc1CBr. The molecular formula is C5H7BrN2S. The van der Waals surface area contributed by atoms with E-state index in [9.17, 15) is 0 Å². The van der Waals surface area contributed by atoms with Gasteiger partial charge in [0.15, 0.2) is 0 Å². The summed E-state index contributed by atoms with van der Waals surface area (Å²) in [4.78, 5) is 0. The highest BCUT2D eigenvalue weighted by Gasteiger charge is 1.99. The Morgan fingerprint density at radius 1 is 1.89 bits per heavy atom. The van der Waals surface area contributed by atoms with Crippen molar-refractivity contribution in [3.63, 3.8) is 0 Å². The molecule has 1 aromatic heterocycles. The minimum Gasteiger partial charge on any atom is -0.272 e. The average Bonchev–Trinajstić information content (AvgIpc) is 2.33. The number of aromatic amines is 1. The Morgan fingerprint density at radius 2 is 2.67 bits per heavy atom. The van der Waals surface area contributed by atoms with Gasteiger partial charge in [-0.3, -0.25) is 5.10 Å². The van der Waals surface area contributed by atoms with Gasteiger partial charge in [-0.15, -0.1) is 11.8 Å². The fraction of sp³-hybridized carbons (Fsp3) is 0.400. The van der Waals surface area contributed by atoms with Crippen molar-refractivity contribution in [1.82, 2.24) is 10.2 Å². The number of aromatic nitrogens is 2. The monoisotopic (exact) mass is 206 g/mol. The minimum absolute atomic E-state index is 0.875. The fourth-order valence-electron chi connectivity index (χ4n) is 0.571. The van der Waals surface area contributed by atoms with E-state index in [4.69, 9.17) is 0 Å². The molecule has 1 rings (SSSR count). The summed E-state index contributed by atoms with van der Waals surface area (Å²) in [5, 5.41) is 8.80. The molecule has 0 amide bonds. The quantitative estimate of drug-likeness (QED) is 0.593. The molecule has 2 nitrogen and oxygen atoms in total. The summed E-state index contributed by atoms with van der Waals surface area (Å²) < 4.78 is 0. The third-order valence-electron chi connectivity index (χ3n) is 1.03. The van der Waals surface area contributed by atoms with Gasteiger partial charge >= 0.3 is 0 Å². The smallest absolute Gasteiger partial charge is 0.0945 e. The molecule has 9 heavy (non-hydrogen) atoms. The Labute approximate surface area is 66.5 Å². The summed E-state index contributed by atoms with van der Waals surface area (Å²) in [6, 6.07) is 0. The summed E-state index contributed by atoms with van der Waals surface area (Å²) in [6.45, 7) is 0. The Kier molecular flexibility index (Phi) is 2.60. The molecule has 0 aliphatic carbocycles. The molecule has 0 saturated carbocycles. The number of halogens is 1.